The Morgan fingerprint density at radius 3 is 3.00 bits per heavy atom. The third-order valence-electron chi connectivity index (χ3n) is 1.47. The standard InChI is InChI=1S/C8H5BrN2/c9-7-5-10-4-6-2-1-3-11-8(6)7/h1-5H. The van der Waals surface area contributed by atoms with Crippen molar-refractivity contribution in [3.05, 3.63) is 35.2 Å². The summed E-state index contributed by atoms with van der Waals surface area (Å²) >= 11 is 3.37. The molecule has 0 radical (unpaired) electrons. The van der Waals surface area contributed by atoms with Crippen LogP contribution in [0.25, 0.3) is 10.9 Å². The van der Waals surface area contributed by atoms with Gasteiger partial charge in [0.2, 0.25) is 0 Å². The molecule has 0 spiro atoms. The molecule has 0 fully saturated rings. The smallest absolute Gasteiger partial charge is 0.0875 e. The minimum absolute atomic E-state index is 0.940. The van der Waals surface area contributed by atoms with E-state index in [0.29, 0.717) is 0 Å². The number of hydrogen-bond acceptors (Lipinski definition) is 2. The van der Waals surface area contributed by atoms with Gasteiger partial charge in [0.1, 0.15) is 0 Å². The first-order valence-corrected chi connectivity index (χ1v) is 4.01. The fourth-order valence-corrected chi connectivity index (χ4v) is 1.42. The maximum Gasteiger partial charge on any atom is 0.0875 e. The summed E-state index contributed by atoms with van der Waals surface area (Å²) in [6, 6.07) is 3.89. The van der Waals surface area contributed by atoms with E-state index in [2.05, 4.69) is 25.9 Å². The number of fused-ring (bicyclic) bond motifs is 1. The fraction of sp³-hybridized carbons (Fsp3) is 0. The van der Waals surface area contributed by atoms with Gasteiger partial charge in [0.05, 0.1) is 9.99 Å². The van der Waals surface area contributed by atoms with E-state index in [9.17, 15) is 0 Å². The molecule has 0 aromatic carbocycles. The molecule has 2 aromatic heterocycles. The number of aromatic nitrogens is 2. The van der Waals surface area contributed by atoms with E-state index in [0.717, 1.165) is 15.4 Å². The van der Waals surface area contributed by atoms with Crippen LogP contribution in [0.15, 0.2) is 35.2 Å². The normalized spacial score (nSPS) is 10.3. The van der Waals surface area contributed by atoms with Gasteiger partial charge in [-0.3, -0.25) is 9.97 Å². The van der Waals surface area contributed by atoms with Crippen LogP contribution >= 0.6 is 15.9 Å². The molecule has 11 heavy (non-hydrogen) atoms. The van der Waals surface area contributed by atoms with E-state index in [-0.39, 0.29) is 0 Å². The lowest BCUT2D eigenvalue weighted by Gasteiger charge is -1.95. The molecule has 0 N–H and O–H groups in total. The van der Waals surface area contributed by atoms with Crippen LogP contribution in [0, 0.1) is 0 Å². The number of rotatable bonds is 0. The largest absolute Gasteiger partial charge is 0.263 e. The van der Waals surface area contributed by atoms with Crippen molar-refractivity contribution in [2.24, 2.45) is 0 Å². The van der Waals surface area contributed by atoms with Crippen molar-refractivity contribution < 1.29 is 0 Å². The van der Waals surface area contributed by atoms with E-state index in [1.54, 1.807) is 18.6 Å². The number of hydrogen-bond donors (Lipinski definition) is 0. The van der Waals surface area contributed by atoms with Crippen molar-refractivity contribution in [1.29, 1.82) is 0 Å². The summed E-state index contributed by atoms with van der Waals surface area (Å²) in [4.78, 5) is 8.22. The Morgan fingerprint density at radius 2 is 2.18 bits per heavy atom. The minimum atomic E-state index is 0.940. The molecule has 2 aromatic rings. The minimum Gasteiger partial charge on any atom is -0.263 e. The zero-order valence-corrected chi connectivity index (χ0v) is 7.25. The van der Waals surface area contributed by atoms with Gasteiger partial charge >= 0.3 is 0 Å². The van der Waals surface area contributed by atoms with Crippen LogP contribution in [0.3, 0.4) is 0 Å². The van der Waals surface area contributed by atoms with E-state index in [4.69, 9.17) is 0 Å². The van der Waals surface area contributed by atoms with E-state index < -0.39 is 0 Å². The second-order valence-corrected chi connectivity index (χ2v) is 3.05. The molecule has 2 rings (SSSR count). The van der Waals surface area contributed by atoms with Crippen LogP contribution in [-0.2, 0) is 0 Å². The summed E-state index contributed by atoms with van der Waals surface area (Å²) in [7, 11) is 0. The highest BCUT2D eigenvalue weighted by Gasteiger charge is 1.96. The molecule has 0 aliphatic rings. The molecule has 0 saturated carbocycles. The van der Waals surface area contributed by atoms with Crippen molar-refractivity contribution in [2.75, 3.05) is 0 Å². The topological polar surface area (TPSA) is 25.8 Å². The Morgan fingerprint density at radius 1 is 1.27 bits per heavy atom. The van der Waals surface area contributed by atoms with Gasteiger partial charge in [-0.15, -0.1) is 0 Å². The van der Waals surface area contributed by atoms with Gasteiger partial charge in [0, 0.05) is 24.0 Å². The van der Waals surface area contributed by atoms with Crippen molar-refractivity contribution in [3.8, 4) is 0 Å². The highest BCUT2D eigenvalue weighted by atomic mass is 79.9. The Labute approximate surface area is 72.4 Å². The summed E-state index contributed by atoms with van der Waals surface area (Å²) < 4.78 is 0.940. The summed E-state index contributed by atoms with van der Waals surface area (Å²) in [5.74, 6) is 0. The summed E-state index contributed by atoms with van der Waals surface area (Å²) in [6.45, 7) is 0. The lowest BCUT2D eigenvalue weighted by molar-refractivity contribution is 1.31. The maximum absolute atomic E-state index is 4.19. The van der Waals surface area contributed by atoms with Crippen molar-refractivity contribution in [1.82, 2.24) is 9.97 Å². The average Bonchev–Trinajstić information content (AvgIpc) is 2.06. The quantitative estimate of drug-likeness (QED) is 0.665. The molecule has 0 aliphatic heterocycles. The summed E-state index contributed by atoms with van der Waals surface area (Å²) in [5.41, 5.74) is 0.961. The molecule has 0 bridgehead atoms. The zero-order chi connectivity index (χ0) is 7.68. The number of halogens is 1. The van der Waals surface area contributed by atoms with Crippen LogP contribution in [0.2, 0.25) is 0 Å². The van der Waals surface area contributed by atoms with Crippen molar-refractivity contribution in [2.45, 2.75) is 0 Å². The Hall–Kier alpha value is -0.960. The predicted molar refractivity (Wildman–Crippen MR) is 47.2 cm³/mol. The van der Waals surface area contributed by atoms with Crippen LogP contribution in [0.1, 0.15) is 0 Å². The number of pyridine rings is 2. The third kappa shape index (κ3) is 1.12. The second kappa shape index (κ2) is 2.58. The van der Waals surface area contributed by atoms with E-state index in [1.165, 1.54) is 0 Å². The summed E-state index contributed by atoms with van der Waals surface area (Å²) in [5, 5.41) is 1.06. The van der Waals surface area contributed by atoms with Crippen LogP contribution in [0.5, 0.6) is 0 Å². The molecule has 3 heteroatoms. The molecule has 0 saturated heterocycles. The number of nitrogens with zero attached hydrogens (tertiary/aromatic N) is 2. The molecular weight excluding hydrogens is 204 g/mol. The van der Waals surface area contributed by atoms with Gasteiger partial charge in [-0.1, -0.05) is 0 Å². The van der Waals surface area contributed by atoms with Crippen LogP contribution < -0.4 is 0 Å². The zero-order valence-electron chi connectivity index (χ0n) is 5.66. The SMILES string of the molecule is Brc1cncc2cccnc12. The van der Waals surface area contributed by atoms with Gasteiger partial charge in [-0.25, -0.2) is 0 Å². The molecule has 0 atom stereocenters. The van der Waals surface area contributed by atoms with Gasteiger partial charge in [-0.2, -0.15) is 0 Å². The Bertz CT molecular complexity index is 381. The van der Waals surface area contributed by atoms with Gasteiger partial charge in [0.25, 0.3) is 0 Å². The van der Waals surface area contributed by atoms with E-state index >= 15 is 0 Å². The fourth-order valence-electron chi connectivity index (χ4n) is 0.966. The van der Waals surface area contributed by atoms with Crippen LogP contribution in [-0.4, -0.2) is 9.97 Å². The Balaban J connectivity index is 2.91. The first-order chi connectivity index (χ1) is 5.38. The van der Waals surface area contributed by atoms with Crippen LogP contribution in [0.4, 0.5) is 0 Å². The molecular formula is C8H5BrN2. The predicted octanol–water partition coefficient (Wildman–Crippen LogP) is 2.39. The van der Waals surface area contributed by atoms with Gasteiger partial charge in [-0.05, 0) is 28.1 Å². The van der Waals surface area contributed by atoms with Crippen molar-refractivity contribution >= 4 is 26.8 Å². The molecule has 2 heterocycles. The first-order valence-electron chi connectivity index (χ1n) is 3.22. The lowest BCUT2D eigenvalue weighted by Crippen LogP contribution is -1.80. The summed E-state index contributed by atoms with van der Waals surface area (Å²) in [6.07, 6.45) is 5.32. The lowest BCUT2D eigenvalue weighted by atomic mass is 10.3. The Kier molecular flexibility index (Phi) is 1.58. The van der Waals surface area contributed by atoms with Gasteiger partial charge < -0.3 is 0 Å². The third-order valence-corrected chi connectivity index (χ3v) is 2.05. The second-order valence-electron chi connectivity index (χ2n) is 2.20. The molecule has 2 nitrogen and oxygen atoms in total. The molecule has 0 unspecified atom stereocenters. The average molecular weight is 209 g/mol. The molecule has 54 valence electrons. The highest BCUT2D eigenvalue weighted by Crippen LogP contribution is 2.18. The molecule has 0 aliphatic carbocycles. The first kappa shape index (κ1) is 6.73. The maximum atomic E-state index is 4.19. The monoisotopic (exact) mass is 208 g/mol. The highest BCUT2D eigenvalue weighted by molar-refractivity contribution is 9.10. The van der Waals surface area contributed by atoms with Crippen molar-refractivity contribution in [3.63, 3.8) is 0 Å². The van der Waals surface area contributed by atoms with Gasteiger partial charge in [0.15, 0.2) is 0 Å². The van der Waals surface area contributed by atoms with E-state index in [1.807, 2.05) is 12.1 Å². The molecule has 0 amide bonds.